The Hall–Kier alpha value is -0.120. The molecule has 0 aliphatic rings. The Morgan fingerprint density at radius 3 is 1.87 bits per heavy atom. The van der Waals surface area contributed by atoms with Crippen molar-refractivity contribution in [2.75, 3.05) is 26.3 Å². The topological polar surface area (TPSA) is 33.3 Å². The van der Waals surface area contributed by atoms with Crippen LogP contribution in [0.5, 0.6) is 0 Å². The third-order valence-electron chi connectivity index (χ3n) is 2.51. The van der Waals surface area contributed by atoms with Gasteiger partial charge >= 0.3 is 0 Å². The van der Waals surface area contributed by atoms with Crippen molar-refractivity contribution in [1.29, 1.82) is 0 Å². The Morgan fingerprint density at radius 1 is 0.867 bits per heavy atom. The summed E-state index contributed by atoms with van der Waals surface area (Å²) in [6, 6.07) is 1.12. The highest BCUT2D eigenvalue weighted by atomic mass is 16.5. The van der Waals surface area contributed by atoms with Gasteiger partial charge in [0, 0.05) is 25.2 Å². The zero-order valence-corrected chi connectivity index (χ0v) is 11.0. The van der Waals surface area contributed by atoms with Crippen LogP contribution in [0.2, 0.25) is 0 Å². The predicted molar refractivity (Wildman–Crippen MR) is 66.3 cm³/mol. The van der Waals surface area contributed by atoms with Crippen LogP contribution in [0.1, 0.15) is 34.6 Å². The third kappa shape index (κ3) is 10.2. The molecule has 0 saturated heterocycles. The minimum absolute atomic E-state index is 0.549. The molecule has 0 fully saturated rings. The van der Waals surface area contributed by atoms with Crippen molar-refractivity contribution in [3.63, 3.8) is 0 Å². The zero-order chi connectivity index (χ0) is 11.7. The SMILES string of the molecule is CC(C)NCCOCCNC(C)C(C)C. The van der Waals surface area contributed by atoms with Crippen LogP contribution >= 0.6 is 0 Å². The van der Waals surface area contributed by atoms with Crippen molar-refractivity contribution in [2.45, 2.75) is 46.7 Å². The molecular weight excluding hydrogens is 188 g/mol. The summed E-state index contributed by atoms with van der Waals surface area (Å²) in [5.41, 5.74) is 0. The van der Waals surface area contributed by atoms with E-state index in [0.717, 1.165) is 26.3 Å². The first-order valence-electron chi connectivity index (χ1n) is 6.08. The lowest BCUT2D eigenvalue weighted by molar-refractivity contribution is 0.133. The quantitative estimate of drug-likeness (QED) is 0.575. The molecule has 0 aromatic heterocycles. The van der Waals surface area contributed by atoms with E-state index in [1.165, 1.54) is 0 Å². The highest BCUT2D eigenvalue weighted by Crippen LogP contribution is 1.98. The largest absolute Gasteiger partial charge is 0.379 e. The monoisotopic (exact) mass is 216 g/mol. The summed E-state index contributed by atoms with van der Waals surface area (Å²) in [6.45, 7) is 14.4. The Bertz CT molecular complexity index is 138. The molecule has 0 rings (SSSR count). The van der Waals surface area contributed by atoms with Crippen LogP contribution in [0.3, 0.4) is 0 Å². The van der Waals surface area contributed by atoms with Gasteiger partial charge in [-0.15, -0.1) is 0 Å². The second-order valence-electron chi connectivity index (χ2n) is 4.71. The first-order chi connectivity index (χ1) is 7.04. The molecule has 15 heavy (non-hydrogen) atoms. The van der Waals surface area contributed by atoms with Gasteiger partial charge in [-0.05, 0) is 12.8 Å². The third-order valence-corrected chi connectivity index (χ3v) is 2.51. The molecule has 0 aliphatic heterocycles. The van der Waals surface area contributed by atoms with Gasteiger partial charge in [0.2, 0.25) is 0 Å². The molecule has 0 amide bonds. The summed E-state index contributed by atoms with van der Waals surface area (Å²) in [7, 11) is 0. The van der Waals surface area contributed by atoms with Gasteiger partial charge in [-0.1, -0.05) is 27.7 Å². The highest BCUT2D eigenvalue weighted by molar-refractivity contribution is 4.63. The molecule has 1 atom stereocenters. The normalized spacial score (nSPS) is 13.8. The van der Waals surface area contributed by atoms with Gasteiger partial charge in [-0.3, -0.25) is 0 Å². The second-order valence-corrected chi connectivity index (χ2v) is 4.71. The van der Waals surface area contributed by atoms with Crippen molar-refractivity contribution in [3.05, 3.63) is 0 Å². The molecular formula is C12H28N2O. The summed E-state index contributed by atoms with van der Waals surface area (Å²) >= 11 is 0. The van der Waals surface area contributed by atoms with Gasteiger partial charge in [0.15, 0.2) is 0 Å². The summed E-state index contributed by atoms with van der Waals surface area (Å²) in [6.07, 6.45) is 0. The van der Waals surface area contributed by atoms with Gasteiger partial charge in [0.05, 0.1) is 13.2 Å². The summed E-state index contributed by atoms with van der Waals surface area (Å²) < 4.78 is 5.49. The lowest BCUT2D eigenvalue weighted by atomic mass is 10.1. The molecule has 92 valence electrons. The van der Waals surface area contributed by atoms with E-state index in [4.69, 9.17) is 4.74 Å². The maximum atomic E-state index is 5.49. The lowest BCUT2D eigenvalue weighted by Gasteiger charge is -2.17. The molecule has 0 aliphatic carbocycles. The van der Waals surface area contributed by atoms with Crippen LogP contribution in [0.4, 0.5) is 0 Å². The van der Waals surface area contributed by atoms with Gasteiger partial charge in [0.25, 0.3) is 0 Å². The number of hydrogen-bond donors (Lipinski definition) is 2. The number of rotatable bonds is 9. The maximum absolute atomic E-state index is 5.49. The van der Waals surface area contributed by atoms with E-state index < -0.39 is 0 Å². The maximum Gasteiger partial charge on any atom is 0.0591 e. The van der Waals surface area contributed by atoms with Crippen molar-refractivity contribution in [2.24, 2.45) is 5.92 Å². The van der Waals surface area contributed by atoms with E-state index in [9.17, 15) is 0 Å². The fourth-order valence-corrected chi connectivity index (χ4v) is 1.12. The lowest BCUT2D eigenvalue weighted by Crippen LogP contribution is -2.34. The minimum atomic E-state index is 0.549. The smallest absolute Gasteiger partial charge is 0.0591 e. The van der Waals surface area contributed by atoms with Crippen molar-refractivity contribution in [3.8, 4) is 0 Å². The summed E-state index contributed by atoms with van der Waals surface area (Å²) in [4.78, 5) is 0. The minimum Gasteiger partial charge on any atom is -0.379 e. The zero-order valence-electron chi connectivity index (χ0n) is 11.0. The molecule has 3 nitrogen and oxygen atoms in total. The van der Waals surface area contributed by atoms with Gasteiger partial charge in [-0.2, -0.15) is 0 Å². The number of ether oxygens (including phenoxy) is 1. The first kappa shape index (κ1) is 14.9. The fraction of sp³-hybridized carbons (Fsp3) is 1.00. The average Bonchev–Trinajstić information content (AvgIpc) is 2.15. The molecule has 1 unspecified atom stereocenters. The van der Waals surface area contributed by atoms with E-state index in [1.807, 2.05) is 0 Å². The van der Waals surface area contributed by atoms with Crippen LogP contribution < -0.4 is 10.6 Å². The number of hydrogen-bond acceptors (Lipinski definition) is 3. The molecule has 0 spiro atoms. The average molecular weight is 216 g/mol. The summed E-state index contributed by atoms with van der Waals surface area (Å²) in [5, 5.41) is 6.75. The predicted octanol–water partition coefficient (Wildman–Crippen LogP) is 1.64. The fourth-order valence-electron chi connectivity index (χ4n) is 1.12. The van der Waals surface area contributed by atoms with E-state index >= 15 is 0 Å². The van der Waals surface area contributed by atoms with Gasteiger partial charge < -0.3 is 15.4 Å². The van der Waals surface area contributed by atoms with Gasteiger partial charge in [0.1, 0.15) is 0 Å². The molecule has 0 heterocycles. The van der Waals surface area contributed by atoms with Crippen LogP contribution in [-0.4, -0.2) is 38.4 Å². The van der Waals surface area contributed by atoms with Crippen molar-refractivity contribution in [1.82, 2.24) is 10.6 Å². The Kier molecular flexibility index (Phi) is 9.06. The van der Waals surface area contributed by atoms with Crippen LogP contribution in [0.25, 0.3) is 0 Å². The standard InChI is InChI=1S/C12H28N2O/c1-10(2)12(5)14-7-9-15-8-6-13-11(3)4/h10-14H,6-9H2,1-5H3. The van der Waals surface area contributed by atoms with E-state index in [1.54, 1.807) is 0 Å². The molecule has 3 heteroatoms. The Labute approximate surface area is 95.0 Å². The molecule has 0 aromatic carbocycles. The second kappa shape index (κ2) is 9.13. The van der Waals surface area contributed by atoms with Gasteiger partial charge in [-0.25, -0.2) is 0 Å². The van der Waals surface area contributed by atoms with Crippen LogP contribution in [0, 0.1) is 5.92 Å². The molecule has 0 aromatic rings. The Balaban J connectivity index is 3.11. The van der Waals surface area contributed by atoms with E-state index in [0.29, 0.717) is 18.0 Å². The molecule has 0 radical (unpaired) electrons. The number of nitrogens with one attached hydrogen (secondary N) is 2. The molecule has 0 saturated carbocycles. The highest BCUT2D eigenvalue weighted by Gasteiger charge is 2.04. The van der Waals surface area contributed by atoms with E-state index in [-0.39, 0.29) is 0 Å². The summed E-state index contributed by atoms with van der Waals surface area (Å²) in [5.74, 6) is 0.688. The Morgan fingerprint density at radius 2 is 1.40 bits per heavy atom. The van der Waals surface area contributed by atoms with Crippen LogP contribution in [0.15, 0.2) is 0 Å². The van der Waals surface area contributed by atoms with Crippen molar-refractivity contribution >= 4 is 0 Å². The molecule has 2 N–H and O–H groups in total. The molecule has 0 bridgehead atoms. The van der Waals surface area contributed by atoms with Crippen LogP contribution in [-0.2, 0) is 4.74 Å². The first-order valence-corrected chi connectivity index (χ1v) is 6.08. The van der Waals surface area contributed by atoms with E-state index in [2.05, 4.69) is 45.3 Å². The van der Waals surface area contributed by atoms with Crippen molar-refractivity contribution < 1.29 is 4.74 Å².